The lowest BCUT2D eigenvalue weighted by Gasteiger charge is -2.33. The number of methoxy groups -OCH3 is 1. The Hall–Kier alpha value is -1.89. The third-order valence-corrected chi connectivity index (χ3v) is 3.96. The van der Waals surface area contributed by atoms with Crippen LogP contribution in [0.15, 0.2) is 6.33 Å². The Balaban J connectivity index is 2.01. The van der Waals surface area contributed by atoms with Crippen molar-refractivity contribution in [1.29, 1.82) is 0 Å². The molecule has 3 heterocycles. The minimum atomic E-state index is 0.151. The highest BCUT2D eigenvalue weighted by Crippen LogP contribution is 2.34. The van der Waals surface area contributed by atoms with E-state index in [0.29, 0.717) is 17.3 Å². The molecule has 0 spiro atoms. The summed E-state index contributed by atoms with van der Waals surface area (Å²) in [5.41, 5.74) is 7.54. The maximum Gasteiger partial charge on any atom is 0.245 e. The molecule has 7 heteroatoms. The van der Waals surface area contributed by atoms with Gasteiger partial charge in [0.2, 0.25) is 11.8 Å². The number of fused-ring (bicyclic) bond motifs is 1. The van der Waals surface area contributed by atoms with Crippen molar-refractivity contribution in [3.63, 3.8) is 0 Å². The zero-order valence-corrected chi connectivity index (χ0v) is 11.8. The van der Waals surface area contributed by atoms with E-state index in [2.05, 4.69) is 21.9 Å². The first-order valence-electron chi connectivity index (χ1n) is 6.71. The first-order chi connectivity index (χ1) is 9.63. The zero-order chi connectivity index (χ0) is 14.2. The lowest BCUT2D eigenvalue weighted by molar-refractivity contribution is 0.0162. The van der Waals surface area contributed by atoms with Crippen molar-refractivity contribution < 1.29 is 9.47 Å². The predicted molar refractivity (Wildman–Crippen MR) is 74.4 cm³/mol. The average molecular weight is 277 g/mol. The van der Waals surface area contributed by atoms with Crippen LogP contribution in [0.1, 0.15) is 19.8 Å². The lowest BCUT2D eigenvalue weighted by Crippen LogP contribution is -2.31. The maximum atomic E-state index is 6.05. The SMILES string of the molecule is COc1ncnc2c1nc(N)n2CC1(C)CCOCC1. The molecule has 0 aromatic carbocycles. The summed E-state index contributed by atoms with van der Waals surface area (Å²) in [7, 11) is 1.57. The van der Waals surface area contributed by atoms with Gasteiger partial charge in [-0.25, -0.2) is 9.97 Å². The second kappa shape index (κ2) is 4.90. The number of hydrogen-bond acceptors (Lipinski definition) is 6. The zero-order valence-electron chi connectivity index (χ0n) is 11.8. The third-order valence-electron chi connectivity index (χ3n) is 3.96. The molecule has 0 bridgehead atoms. The van der Waals surface area contributed by atoms with Gasteiger partial charge < -0.3 is 15.2 Å². The highest BCUT2D eigenvalue weighted by Gasteiger charge is 2.30. The molecule has 7 nitrogen and oxygen atoms in total. The van der Waals surface area contributed by atoms with Gasteiger partial charge in [-0.1, -0.05) is 6.92 Å². The van der Waals surface area contributed by atoms with Crippen LogP contribution < -0.4 is 10.5 Å². The van der Waals surface area contributed by atoms with E-state index in [1.165, 1.54) is 6.33 Å². The van der Waals surface area contributed by atoms with E-state index in [4.69, 9.17) is 15.2 Å². The third kappa shape index (κ3) is 2.18. The van der Waals surface area contributed by atoms with Crippen LogP contribution in [-0.4, -0.2) is 39.8 Å². The second-order valence-electron chi connectivity index (χ2n) is 5.53. The van der Waals surface area contributed by atoms with Crippen molar-refractivity contribution in [2.45, 2.75) is 26.3 Å². The average Bonchev–Trinajstić information content (AvgIpc) is 2.75. The fourth-order valence-corrected chi connectivity index (χ4v) is 2.64. The number of ether oxygens (including phenoxy) is 2. The van der Waals surface area contributed by atoms with Gasteiger partial charge >= 0.3 is 0 Å². The Kier molecular flexibility index (Phi) is 3.21. The maximum absolute atomic E-state index is 6.05. The van der Waals surface area contributed by atoms with Crippen molar-refractivity contribution in [2.75, 3.05) is 26.1 Å². The first kappa shape index (κ1) is 13.1. The molecule has 0 aliphatic carbocycles. The smallest absolute Gasteiger partial charge is 0.245 e. The molecule has 0 unspecified atom stereocenters. The van der Waals surface area contributed by atoms with Gasteiger partial charge in [0.1, 0.15) is 6.33 Å². The Morgan fingerprint density at radius 1 is 1.40 bits per heavy atom. The molecule has 1 fully saturated rings. The van der Waals surface area contributed by atoms with Gasteiger partial charge in [0.15, 0.2) is 11.2 Å². The molecule has 0 atom stereocenters. The summed E-state index contributed by atoms with van der Waals surface area (Å²) in [4.78, 5) is 12.7. The number of imidazole rings is 1. The summed E-state index contributed by atoms with van der Waals surface area (Å²) in [6, 6.07) is 0. The van der Waals surface area contributed by atoms with E-state index in [9.17, 15) is 0 Å². The largest absolute Gasteiger partial charge is 0.479 e. The molecule has 20 heavy (non-hydrogen) atoms. The van der Waals surface area contributed by atoms with Gasteiger partial charge in [-0.15, -0.1) is 0 Å². The number of hydrogen-bond donors (Lipinski definition) is 1. The van der Waals surface area contributed by atoms with Crippen molar-refractivity contribution in [2.24, 2.45) is 5.41 Å². The molecule has 2 aromatic rings. The summed E-state index contributed by atoms with van der Waals surface area (Å²) in [6.45, 7) is 4.61. The standard InChI is InChI=1S/C13H19N5O2/c1-13(3-5-20-6-4-13)7-18-10-9(17-12(18)14)11(19-2)16-8-15-10/h8H,3-7H2,1-2H3,(H2,14,17). The van der Waals surface area contributed by atoms with Crippen molar-refractivity contribution in [3.05, 3.63) is 6.33 Å². The molecule has 1 aliphatic rings. The number of nitrogens with two attached hydrogens (primary N) is 1. The van der Waals surface area contributed by atoms with Crippen molar-refractivity contribution in [1.82, 2.24) is 19.5 Å². The lowest BCUT2D eigenvalue weighted by atomic mass is 9.82. The number of rotatable bonds is 3. The summed E-state index contributed by atoms with van der Waals surface area (Å²) in [6.07, 6.45) is 3.49. The molecule has 0 amide bonds. The van der Waals surface area contributed by atoms with Crippen LogP contribution in [-0.2, 0) is 11.3 Å². The molecular formula is C13H19N5O2. The van der Waals surface area contributed by atoms with Crippen LogP contribution in [0.4, 0.5) is 5.95 Å². The number of nitrogen functional groups attached to an aromatic ring is 1. The van der Waals surface area contributed by atoms with Crippen LogP contribution in [0, 0.1) is 5.41 Å². The monoisotopic (exact) mass is 277 g/mol. The molecule has 0 saturated carbocycles. The second-order valence-corrected chi connectivity index (χ2v) is 5.53. The molecular weight excluding hydrogens is 258 g/mol. The minimum Gasteiger partial charge on any atom is -0.479 e. The number of nitrogens with zero attached hydrogens (tertiary/aromatic N) is 4. The van der Waals surface area contributed by atoms with E-state index in [1.54, 1.807) is 7.11 Å². The van der Waals surface area contributed by atoms with Gasteiger partial charge in [0.05, 0.1) is 7.11 Å². The van der Waals surface area contributed by atoms with Crippen LogP contribution in [0.2, 0.25) is 0 Å². The van der Waals surface area contributed by atoms with Crippen LogP contribution in [0.5, 0.6) is 5.88 Å². The molecule has 108 valence electrons. The normalized spacial score (nSPS) is 18.3. The predicted octanol–water partition coefficient (Wildman–Crippen LogP) is 1.23. The molecule has 2 N–H and O–H groups in total. The van der Waals surface area contributed by atoms with Gasteiger partial charge in [0.25, 0.3) is 0 Å². The van der Waals surface area contributed by atoms with Gasteiger partial charge in [-0.3, -0.25) is 4.57 Å². The van der Waals surface area contributed by atoms with Crippen LogP contribution >= 0.6 is 0 Å². The van der Waals surface area contributed by atoms with Gasteiger partial charge in [0, 0.05) is 19.8 Å². The summed E-state index contributed by atoms with van der Waals surface area (Å²) in [5.74, 6) is 0.907. The van der Waals surface area contributed by atoms with Gasteiger partial charge in [-0.05, 0) is 18.3 Å². The van der Waals surface area contributed by atoms with E-state index >= 15 is 0 Å². The first-order valence-corrected chi connectivity index (χ1v) is 6.71. The van der Waals surface area contributed by atoms with Crippen LogP contribution in [0.25, 0.3) is 11.2 Å². The van der Waals surface area contributed by atoms with Crippen molar-refractivity contribution in [3.8, 4) is 5.88 Å². The molecule has 0 radical (unpaired) electrons. The van der Waals surface area contributed by atoms with Crippen LogP contribution in [0.3, 0.4) is 0 Å². The minimum absolute atomic E-state index is 0.151. The fourth-order valence-electron chi connectivity index (χ4n) is 2.64. The van der Waals surface area contributed by atoms with E-state index < -0.39 is 0 Å². The Labute approximate surface area is 117 Å². The Bertz CT molecular complexity index is 618. The Morgan fingerprint density at radius 3 is 2.85 bits per heavy atom. The number of anilines is 1. The molecule has 1 aliphatic heterocycles. The molecule has 1 saturated heterocycles. The highest BCUT2D eigenvalue weighted by atomic mass is 16.5. The quantitative estimate of drug-likeness (QED) is 0.908. The van der Waals surface area contributed by atoms with E-state index in [1.807, 2.05) is 4.57 Å². The van der Waals surface area contributed by atoms with E-state index in [-0.39, 0.29) is 5.41 Å². The van der Waals surface area contributed by atoms with Crippen molar-refractivity contribution >= 4 is 17.1 Å². The van der Waals surface area contributed by atoms with E-state index in [0.717, 1.165) is 38.2 Å². The topological polar surface area (TPSA) is 88.1 Å². The molecule has 2 aromatic heterocycles. The Morgan fingerprint density at radius 2 is 2.15 bits per heavy atom. The summed E-state index contributed by atoms with van der Waals surface area (Å²) in [5, 5.41) is 0. The number of aromatic nitrogens is 4. The summed E-state index contributed by atoms with van der Waals surface area (Å²) < 4.78 is 12.6. The fraction of sp³-hybridized carbons (Fsp3) is 0.615. The summed E-state index contributed by atoms with van der Waals surface area (Å²) >= 11 is 0. The highest BCUT2D eigenvalue weighted by molar-refractivity contribution is 5.78. The van der Waals surface area contributed by atoms with Gasteiger partial charge in [-0.2, -0.15) is 4.98 Å². The molecule has 3 rings (SSSR count).